The Morgan fingerprint density at radius 3 is 2.82 bits per heavy atom. The standard InChI is InChI=1S/C14H22N2S/c1-11(15-2)13-9-6-10-16-14(13)17-12-7-4-3-5-8-12/h6,9-12,15H,3-5,7-8H2,1-2H3. The lowest BCUT2D eigenvalue weighted by Gasteiger charge is -2.22. The van der Waals surface area contributed by atoms with Crippen LogP contribution in [0.1, 0.15) is 50.6 Å². The highest BCUT2D eigenvalue weighted by Crippen LogP contribution is 2.35. The first-order valence-electron chi connectivity index (χ1n) is 6.60. The van der Waals surface area contributed by atoms with E-state index in [1.807, 2.05) is 31.1 Å². The molecule has 1 N–H and O–H groups in total. The summed E-state index contributed by atoms with van der Waals surface area (Å²) in [4.78, 5) is 4.56. The Morgan fingerprint density at radius 1 is 1.35 bits per heavy atom. The highest BCUT2D eigenvalue weighted by molar-refractivity contribution is 7.99. The zero-order valence-electron chi connectivity index (χ0n) is 10.8. The lowest BCUT2D eigenvalue weighted by Crippen LogP contribution is -2.15. The van der Waals surface area contributed by atoms with Crippen LogP contribution in [0.2, 0.25) is 0 Å². The van der Waals surface area contributed by atoms with E-state index in [4.69, 9.17) is 0 Å². The molecular formula is C14H22N2S. The van der Waals surface area contributed by atoms with E-state index in [-0.39, 0.29) is 0 Å². The minimum absolute atomic E-state index is 0.384. The number of pyridine rings is 1. The van der Waals surface area contributed by atoms with Crippen LogP contribution in [0.25, 0.3) is 0 Å². The molecule has 1 aliphatic carbocycles. The van der Waals surface area contributed by atoms with Gasteiger partial charge >= 0.3 is 0 Å². The molecule has 0 radical (unpaired) electrons. The maximum atomic E-state index is 4.56. The first-order valence-corrected chi connectivity index (χ1v) is 7.48. The molecule has 2 rings (SSSR count). The van der Waals surface area contributed by atoms with Crippen LogP contribution in [-0.4, -0.2) is 17.3 Å². The molecule has 1 heterocycles. The summed E-state index contributed by atoms with van der Waals surface area (Å²) in [5.74, 6) is 0. The van der Waals surface area contributed by atoms with Gasteiger partial charge in [0.1, 0.15) is 5.03 Å². The third-order valence-electron chi connectivity index (χ3n) is 3.53. The summed E-state index contributed by atoms with van der Waals surface area (Å²) in [6.45, 7) is 2.20. The van der Waals surface area contributed by atoms with Gasteiger partial charge in [0.25, 0.3) is 0 Å². The van der Waals surface area contributed by atoms with Crippen molar-refractivity contribution >= 4 is 11.8 Å². The second kappa shape index (κ2) is 6.41. The Kier molecular flexibility index (Phi) is 4.86. The van der Waals surface area contributed by atoms with Crippen molar-refractivity contribution < 1.29 is 0 Å². The molecule has 1 fully saturated rings. The average Bonchev–Trinajstić information content (AvgIpc) is 2.40. The van der Waals surface area contributed by atoms with Crippen LogP contribution in [-0.2, 0) is 0 Å². The van der Waals surface area contributed by atoms with Gasteiger partial charge in [0, 0.05) is 23.1 Å². The summed E-state index contributed by atoms with van der Waals surface area (Å²) in [6.07, 6.45) is 8.82. The maximum absolute atomic E-state index is 4.56. The zero-order chi connectivity index (χ0) is 12.1. The second-order valence-corrected chi connectivity index (χ2v) is 6.08. The molecule has 0 bridgehead atoms. The SMILES string of the molecule is CNC(C)c1cccnc1SC1CCCCC1. The van der Waals surface area contributed by atoms with Crippen molar-refractivity contribution in [3.8, 4) is 0 Å². The van der Waals surface area contributed by atoms with Crippen LogP contribution in [0.3, 0.4) is 0 Å². The van der Waals surface area contributed by atoms with Gasteiger partial charge in [0.05, 0.1) is 0 Å². The molecule has 0 spiro atoms. The number of hydrogen-bond donors (Lipinski definition) is 1. The largest absolute Gasteiger partial charge is 0.313 e. The summed E-state index contributed by atoms with van der Waals surface area (Å²) < 4.78 is 0. The number of hydrogen-bond acceptors (Lipinski definition) is 3. The first kappa shape index (κ1) is 12.9. The van der Waals surface area contributed by atoms with Crippen molar-refractivity contribution in [1.82, 2.24) is 10.3 Å². The fourth-order valence-electron chi connectivity index (χ4n) is 2.33. The van der Waals surface area contributed by atoms with E-state index in [9.17, 15) is 0 Å². The molecule has 1 aliphatic rings. The number of thioether (sulfide) groups is 1. The molecule has 0 aromatic carbocycles. The summed E-state index contributed by atoms with van der Waals surface area (Å²) in [5, 5.41) is 5.31. The number of nitrogens with zero attached hydrogens (tertiary/aromatic N) is 1. The van der Waals surface area contributed by atoms with Gasteiger partial charge in [-0.05, 0) is 32.9 Å². The normalized spacial score (nSPS) is 19.2. The van der Waals surface area contributed by atoms with Crippen molar-refractivity contribution in [2.24, 2.45) is 0 Å². The van der Waals surface area contributed by atoms with E-state index in [0.717, 1.165) is 5.25 Å². The van der Waals surface area contributed by atoms with Crippen LogP contribution in [0.4, 0.5) is 0 Å². The van der Waals surface area contributed by atoms with Crippen LogP contribution in [0.15, 0.2) is 23.4 Å². The van der Waals surface area contributed by atoms with Gasteiger partial charge in [-0.25, -0.2) is 4.98 Å². The summed E-state index contributed by atoms with van der Waals surface area (Å²) in [6, 6.07) is 4.61. The van der Waals surface area contributed by atoms with Crippen molar-refractivity contribution in [3.63, 3.8) is 0 Å². The van der Waals surface area contributed by atoms with Crippen LogP contribution in [0.5, 0.6) is 0 Å². The van der Waals surface area contributed by atoms with Crippen LogP contribution in [0, 0.1) is 0 Å². The molecule has 1 aromatic heterocycles. The predicted octanol–water partition coefficient (Wildman–Crippen LogP) is 3.79. The van der Waals surface area contributed by atoms with Crippen molar-refractivity contribution in [2.45, 2.75) is 55.3 Å². The van der Waals surface area contributed by atoms with Gasteiger partial charge in [-0.3, -0.25) is 0 Å². The number of nitrogens with one attached hydrogen (secondary N) is 1. The van der Waals surface area contributed by atoms with E-state index >= 15 is 0 Å². The van der Waals surface area contributed by atoms with Gasteiger partial charge in [-0.2, -0.15) is 0 Å². The van der Waals surface area contributed by atoms with Crippen molar-refractivity contribution in [1.29, 1.82) is 0 Å². The Bertz CT molecular complexity index is 348. The molecule has 3 heteroatoms. The van der Waals surface area contributed by atoms with Gasteiger partial charge < -0.3 is 5.32 Å². The van der Waals surface area contributed by atoms with Crippen molar-refractivity contribution in [2.75, 3.05) is 7.05 Å². The topological polar surface area (TPSA) is 24.9 Å². The number of rotatable bonds is 4. The Hall–Kier alpha value is -0.540. The quantitative estimate of drug-likeness (QED) is 0.880. The molecule has 2 nitrogen and oxygen atoms in total. The molecule has 1 aromatic rings. The summed E-state index contributed by atoms with van der Waals surface area (Å²) in [7, 11) is 2.01. The van der Waals surface area contributed by atoms with Gasteiger partial charge in [0.2, 0.25) is 0 Å². The molecule has 1 saturated carbocycles. The molecule has 17 heavy (non-hydrogen) atoms. The smallest absolute Gasteiger partial charge is 0.101 e. The van der Waals surface area contributed by atoms with Gasteiger partial charge in [-0.1, -0.05) is 25.3 Å². The predicted molar refractivity (Wildman–Crippen MR) is 74.4 cm³/mol. The summed E-state index contributed by atoms with van der Waals surface area (Å²) >= 11 is 1.98. The first-order chi connectivity index (χ1) is 8.31. The van der Waals surface area contributed by atoms with Gasteiger partial charge in [0.15, 0.2) is 0 Å². The Balaban J connectivity index is 2.08. The summed E-state index contributed by atoms with van der Waals surface area (Å²) in [5.41, 5.74) is 1.34. The molecule has 0 amide bonds. The fraction of sp³-hybridized carbons (Fsp3) is 0.643. The Labute approximate surface area is 109 Å². The molecular weight excluding hydrogens is 228 g/mol. The second-order valence-electron chi connectivity index (χ2n) is 4.79. The number of aromatic nitrogens is 1. The highest BCUT2D eigenvalue weighted by Gasteiger charge is 2.18. The lowest BCUT2D eigenvalue weighted by atomic mass is 10.0. The third-order valence-corrected chi connectivity index (χ3v) is 4.90. The average molecular weight is 250 g/mol. The van der Waals surface area contributed by atoms with E-state index < -0.39 is 0 Å². The minimum Gasteiger partial charge on any atom is -0.313 e. The van der Waals surface area contributed by atoms with Crippen molar-refractivity contribution in [3.05, 3.63) is 23.9 Å². The third kappa shape index (κ3) is 3.46. The molecule has 94 valence electrons. The zero-order valence-corrected chi connectivity index (χ0v) is 11.6. The van der Waals surface area contributed by atoms with E-state index in [2.05, 4.69) is 23.3 Å². The van der Waals surface area contributed by atoms with Crippen LogP contribution < -0.4 is 5.32 Å². The lowest BCUT2D eigenvalue weighted by molar-refractivity contribution is 0.515. The molecule has 0 aliphatic heterocycles. The molecule has 1 unspecified atom stereocenters. The minimum atomic E-state index is 0.384. The highest BCUT2D eigenvalue weighted by atomic mass is 32.2. The molecule has 1 atom stereocenters. The maximum Gasteiger partial charge on any atom is 0.101 e. The fourth-order valence-corrected chi connectivity index (χ4v) is 3.72. The van der Waals surface area contributed by atoms with Gasteiger partial charge in [-0.15, -0.1) is 11.8 Å². The Morgan fingerprint density at radius 2 is 2.12 bits per heavy atom. The van der Waals surface area contributed by atoms with E-state index in [1.54, 1.807) is 0 Å². The van der Waals surface area contributed by atoms with E-state index in [1.165, 1.54) is 42.7 Å². The van der Waals surface area contributed by atoms with E-state index in [0.29, 0.717) is 6.04 Å². The van der Waals surface area contributed by atoms with Crippen LogP contribution >= 0.6 is 11.8 Å². The monoisotopic (exact) mass is 250 g/mol. The molecule has 0 saturated heterocycles.